The summed E-state index contributed by atoms with van der Waals surface area (Å²) < 4.78 is 4.85. The molecule has 1 unspecified atom stereocenters. The Hall–Kier alpha value is -1.95. The van der Waals surface area contributed by atoms with Crippen LogP contribution in [0.1, 0.15) is 17.3 Å². The van der Waals surface area contributed by atoms with Crippen molar-refractivity contribution in [2.75, 3.05) is 7.11 Å². The van der Waals surface area contributed by atoms with Crippen LogP contribution in [0.2, 0.25) is 0 Å². The number of ketones is 1. The third kappa shape index (κ3) is 2.34. The zero-order valence-electron chi connectivity index (χ0n) is 8.97. The molecule has 1 atom stereocenters. The molecule has 6 heteroatoms. The molecule has 1 aromatic rings. The number of ether oxygens (including phenoxy) is 1. The van der Waals surface area contributed by atoms with Crippen LogP contribution in [0.4, 0.5) is 5.69 Å². The molecule has 0 aliphatic rings. The lowest BCUT2D eigenvalue weighted by Gasteiger charge is -2.06. The molecule has 16 heavy (non-hydrogen) atoms. The monoisotopic (exact) mass is 224 g/mol. The van der Waals surface area contributed by atoms with Crippen LogP contribution in [0, 0.1) is 10.1 Å². The van der Waals surface area contributed by atoms with Crippen molar-refractivity contribution in [3.05, 3.63) is 33.9 Å². The summed E-state index contributed by atoms with van der Waals surface area (Å²) >= 11 is 0. The van der Waals surface area contributed by atoms with E-state index in [9.17, 15) is 14.9 Å². The quantitative estimate of drug-likeness (QED) is 0.470. The fourth-order valence-corrected chi connectivity index (χ4v) is 1.24. The summed E-state index contributed by atoms with van der Waals surface area (Å²) in [4.78, 5) is 21.7. The van der Waals surface area contributed by atoms with Gasteiger partial charge in [0, 0.05) is 0 Å². The number of benzene rings is 1. The third-order valence-electron chi connectivity index (χ3n) is 2.08. The number of nitro groups is 1. The first-order valence-corrected chi connectivity index (χ1v) is 4.59. The van der Waals surface area contributed by atoms with Crippen molar-refractivity contribution in [2.24, 2.45) is 5.73 Å². The zero-order valence-corrected chi connectivity index (χ0v) is 8.97. The highest BCUT2D eigenvalue weighted by Gasteiger charge is 2.22. The maximum absolute atomic E-state index is 11.6. The van der Waals surface area contributed by atoms with E-state index in [1.165, 1.54) is 32.2 Å². The van der Waals surface area contributed by atoms with Crippen molar-refractivity contribution in [2.45, 2.75) is 13.0 Å². The van der Waals surface area contributed by atoms with Gasteiger partial charge in [-0.25, -0.2) is 0 Å². The van der Waals surface area contributed by atoms with Crippen LogP contribution in [-0.4, -0.2) is 23.9 Å². The van der Waals surface area contributed by atoms with Crippen LogP contribution in [0.15, 0.2) is 18.2 Å². The molecule has 0 aromatic heterocycles. The molecule has 0 amide bonds. The van der Waals surface area contributed by atoms with Crippen molar-refractivity contribution >= 4 is 11.5 Å². The Morgan fingerprint density at radius 3 is 2.62 bits per heavy atom. The number of carbonyl (C=O) groups is 1. The summed E-state index contributed by atoms with van der Waals surface area (Å²) in [5.74, 6) is -0.137. The first-order valence-electron chi connectivity index (χ1n) is 4.59. The molecule has 86 valence electrons. The van der Waals surface area contributed by atoms with Gasteiger partial charge in [-0.2, -0.15) is 0 Å². The van der Waals surface area contributed by atoms with Crippen LogP contribution < -0.4 is 10.5 Å². The molecule has 0 heterocycles. The molecule has 0 aliphatic carbocycles. The summed E-state index contributed by atoms with van der Waals surface area (Å²) in [6, 6.07) is 3.27. The molecule has 0 bridgehead atoms. The fraction of sp³-hybridized carbons (Fsp3) is 0.300. The second kappa shape index (κ2) is 4.71. The number of hydrogen-bond donors (Lipinski definition) is 1. The SMILES string of the molecule is COc1ccc(C(=O)C(C)N)c([N+](=O)[O-])c1. The third-order valence-corrected chi connectivity index (χ3v) is 2.08. The minimum Gasteiger partial charge on any atom is -0.497 e. The highest BCUT2D eigenvalue weighted by Crippen LogP contribution is 2.25. The van der Waals surface area contributed by atoms with Gasteiger partial charge in [0.05, 0.1) is 29.7 Å². The number of nitrogens with two attached hydrogens (primary N) is 1. The zero-order chi connectivity index (χ0) is 12.3. The van der Waals surface area contributed by atoms with E-state index in [0.29, 0.717) is 5.75 Å². The number of rotatable bonds is 4. The average Bonchev–Trinajstić information content (AvgIpc) is 2.26. The Morgan fingerprint density at radius 1 is 1.56 bits per heavy atom. The second-order valence-corrected chi connectivity index (χ2v) is 3.29. The number of Topliss-reactive ketones (excluding diaryl/α,β-unsaturated/α-hetero) is 1. The molecule has 0 saturated carbocycles. The van der Waals surface area contributed by atoms with Gasteiger partial charge in [-0.3, -0.25) is 14.9 Å². The molecule has 0 spiro atoms. The van der Waals surface area contributed by atoms with Crippen molar-refractivity contribution in [1.82, 2.24) is 0 Å². The van der Waals surface area contributed by atoms with Crippen LogP contribution in [0.5, 0.6) is 5.75 Å². The predicted molar refractivity (Wildman–Crippen MR) is 57.6 cm³/mol. The lowest BCUT2D eigenvalue weighted by molar-refractivity contribution is -0.385. The van der Waals surface area contributed by atoms with E-state index in [2.05, 4.69) is 0 Å². The topological polar surface area (TPSA) is 95.5 Å². The molecule has 0 radical (unpaired) electrons. The van der Waals surface area contributed by atoms with Gasteiger partial charge in [0.25, 0.3) is 5.69 Å². The van der Waals surface area contributed by atoms with E-state index in [1.807, 2.05) is 0 Å². The summed E-state index contributed by atoms with van der Waals surface area (Å²) in [5, 5.41) is 10.8. The first kappa shape index (κ1) is 12.1. The molecule has 0 saturated heterocycles. The number of hydrogen-bond acceptors (Lipinski definition) is 5. The number of carbonyl (C=O) groups excluding carboxylic acids is 1. The summed E-state index contributed by atoms with van der Waals surface area (Å²) in [7, 11) is 1.39. The van der Waals surface area contributed by atoms with Gasteiger partial charge < -0.3 is 10.5 Å². The first-order chi connectivity index (χ1) is 7.47. The normalized spacial score (nSPS) is 11.9. The molecular formula is C10H12N2O4. The Morgan fingerprint density at radius 2 is 2.19 bits per heavy atom. The Balaban J connectivity index is 3.28. The van der Waals surface area contributed by atoms with Crippen LogP contribution in [-0.2, 0) is 0 Å². The van der Waals surface area contributed by atoms with E-state index in [4.69, 9.17) is 10.5 Å². The standard InChI is InChI=1S/C10H12N2O4/c1-6(11)10(13)8-4-3-7(16-2)5-9(8)12(14)15/h3-6H,11H2,1-2H3. The van der Waals surface area contributed by atoms with Gasteiger partial charge in [-0.15, -0.1) is 0 Å². The van der Waals surface area contributed by atoms with E-state index < -0.39 is 16.7 Å². The summed E-state index contributed by atoms with van der Waals surface area (Å²) in [6.07, 6.45) is 0. The molecular weight excluding hydrogens is 212 g/mol. The van der Waals surface area contributed by atoms with E-state index in [1.54, 1.807) is 0 Å². The average molecular weight is 224 g/mol. The maximum Gasteiger partial charge on any atom is 0.283 e. The molecule has 2 N–H and O–H groups in total. The maximum atomic E-state index is 11.6. The lowest BCUT2D eigenvalue weighted by atomic mass is 10.0. The Bertz CT molecular complexity index is 429. The molecule has 0 aliphatic heterocycles. The van der Waals surface area contributed by atoms with Crippen LogP contribution in [0.25, 0.3) is 0 Å². The van der Waals surface area contributed by atoms with Crippen molar-refractivity contribution in [1.29, 1.82) is 0 Å². The fourth-order valence-electron chi connectivity index (χ4n) is 1.24. The highest BCUT2D eigenvalue weighted by atomic mass is 16.6. The Labute approximate surface area is 92.2 Å². The van der Waals surface area contributed by atoms with Gasteiger partial charge >= 0.3 is 0 Å². The molecule has 6 nitrogen and oxygen atoms in total. The van der Waals surface area contributed by atoms with Crippen LogP contribution in [0.3, 0.4) is 0 Å². The van der Waals surface area contributed by atoms with E-state index in [-0.39, 0.29) is 11.3 Å². The van der Waals surface area contributed by atoms with Gasteiger partial charge in [0.2, 0.25) is 0 Å². The number of nitrogens with zero attached hydrogens (tertiary/aromatic N) is 1. The number of nitro benzene ring substituents is 1. The summed E-state index contributed by atoms with van der Waals surface area (Å²) in [5.41, 5.74) is 5.11. The molecule has 1 aromatic carbocycles. The highest BCUT2D eigenvalue weighted by molar-refractivity contribution is 6.03. The number of methoxy groups -OCH3 is 1. The van der Waals surface area contributed by atoms with Crippen LogP contribution >= 0.6 is 0 Å². The van der Waals surface area contributed by atoms with Crippen molar-refractivity contribution in [3.63, 3.8) is 0 Å². The van der Waals surface area contributed by atoms with Gasteiger partial charge in [-0.05, 0) is 19.1 Å². The molecule has 1 rings (SSSR count). The predicted octanol–water partition coefficient (Wildman–Crippen LogP) is 1.13. The minimum atomic E-state index is -0.771. The van der Waals surface area contributed by atoms with E-state index in [0.717, 1.165) is 0 Å². The summed E-state index contributed by atoms with van der Waals surface area (Å²) in [6.45, 7) is 1.48. The molecule has 0 fully saturated rings. The second-order valence-electron chi connectivity index (χ2n) is 3.29. The largest absolute Gasteiger partial charge is 0.497 e. The van der Waals surface area contributed by atoms with Gasteiger partial charge in [0.1, 0.15) is 5.75 Å². The smallest absolute Gasteiger partial charge is 0.283 e. The van der Waals surface area contributed by atoms with E-state index >= 15 is 0 Å². The van der Waals surface area contributed by atoms with Gasteiger partial charge in [-0.1, -0.05) is 0 Å². The Kier molecular flexibility index (Phi) is 3.57. The lowest BCUT2D eigenvalue weighted by Crippen LogP contribution is -2.27. The van der Waals surface area contributed by atoms with Crippen molar-refractivity contribution in [3.8, 4) is 5.75 Å². The van der Waals surface area contributed by atoms with Gasteiger partial charge in [0.15, 0.2) is 5.78 Å². The minimum absolute atomic E-state index is 0.000741. The van der Waals surface area contributed by atoms with Crippen molar-refractivity contribution < 1.29 is 14.5 Å².